The Morgan fingerprint density at radius 2 is 1.03 bits per heavy atom. The Hall–Kier alpha value is -5.80. The van der Waals surface area contributed by atoms with Crippen LogP contribution in [-0.4, -0.2) is 6.71 Å². The van der Waals surface area contributed by atoms with Gasteiger partial charge in [-0.05, 0) is 175 Å². The van der Waals surface area contributed by atoms with E-state index in [1.807, 2.05) is 0 Å². The highest BCUT2D eigenvalue weighted by molar-refractivity contribution is 7.00. The summed E-state index contributed by atoms with van der Waals surface area (Å²) in [5, 5.41) is 0. The first-order chi connectivity index (χ1) is 30.0. The molecule has 5 aliphatic rings. The summed E-state index contributed by atoms with van der Waals surface area (Å²) in [5.74, 6) is 0. The maximum absolute atomic E-state index is 2.72. The lowest BCUT2D eigenvalue weighted by atomic mass is 9.33. The fourth-order valence-corrected chi connectivity index (χ4v) is 13.2. The van der Waals surface area contributed by atoms with E-state index in [4.69, 9.17) is 0 Å². The molecule has 2 nitrogen and oxygen atoms in total. The Morgan fingerprint density at radius 1 is 0.444 bits per heavy atom. The molecular weight excluding hydrogens is 759 g/mol. The largest absolute Gasteiger partial charge is 0.311 e. The lowest BCUT2D eigenvalue weighted by Gasteiger charge is -2.48. The number of fused-ring (bicyclic) bond motifs is 9. The molecule has 0 spiro atoms. The smallest absolute Gasteiger partial charge is 0.252 e. The maximum Gasteiger partial charge on any atom is 0.252 e. The van der Waals surface area contributed by atoms with Crippen molar-refractivity contribution in [3.8, 4) is 22.3 Å². The first-order valence-corrected chi connectivity index (χ1v) is 23.5. The molecule has 2 heterocycles. The average Bonchev–Trinajstić information content (AvgIpc) is 3.72. The zero-order valence-electron chi connectivity index (χ0n) is 38.9. The lowest BCUT2D eigenvalue weighted by Crippen LogP contribution is -2.62. The minimum Gasteiger partial charge on any atom is -0.311 e. The van der Waals surface area contributed by atoms with Gasteiger partial charge < -0.3 is 9.80 Å². The van der Waals surface area contributed by atoms with Crippen LogP contribution in [0.2, 0.25) is 0 Å². The number of anilines is 6. The van der Waals surface area contributed by atoms with Crippen LogP contribution in [0.4, 0.5) is 34.1 Å². The van der Waals surface area contributed by atoms with Crippen LogP contribution >= 0.6 is 0 Å². The van der Waals surface area contributed by atoms with Gasteiger partial charge in [-0.15, -0.1) is 0 Å². The fourth-order valence-electron chi connectivity index (χ4n) is 13.2. The first kappa shape index (κ1) is 38.8. The number of rotatable bonds is 3. The first-order valence-electron chi connectivity index (χ1n) is 23.5. The van der Waals surface area contributed by atoms with Crippen LogP contribution in [0, 0.1) is 13.8 Å². The fraction of sp³-hybridized carbons (Fsp3) is 0.300. The second kappa shape index (κ2) is 12.9. The molecular formula is C60H59BN2. The van der Waals surface area contributed by atoms with Gasteiger partial charge in [0.25, 0.3) is 6.71 Å². The van der Waals surface area contributed by atoms with Crippen molar-refractivity contribution in [1.29, 1.82) is 0 Å². The highest BCUT2D eigenvalue weighted by Crippen LogP contribution is 2.55. The van der Waals surface area contributed by atoms with E-state index in [0.29, 0.717) is 0 Å². The predicted octanol–water partition coefficient (Wildman–Crippen LogP) is 13.9. The monoisotopic (exact) mass is 818 g/mol. The molecule has 0 bridgehead atoms. The van der Waals surface area contributed by atoms with Crippen LogP contribution in [-0.2, 0) is 28.1 Å². The molecule has 0 radical (unpaired) electrons. The van der Waals surface area contributed by atoms with Crippen molar-refractivity contribution in [2.24, 2.45) is 0 Å². The van der Waals surface area contributed by atoms with Crippen LogP contribution in [0.5, 0.6) is 0 Å². The molecule has 3 aliphatic carbocycles. The van der Waals surface area contributed by atoms with E-state index in [0.717, 1.165) is 12.8 Å². The van der Waals surface area contributed by atoms with Crippen LogP contribution in [0.1, 0.15) is 119 Å². The topological polar surface area (TPSA) is 6.48 Å². The number of hydrogen-bond acceptors (Lipinski definition) is 2. The normalized spacial score (nSPS) is 18.5. The molecule has 0 saturated heterocycles. The maximum atomic E-state index is 2.72. The third-order valence-electron chi connectivity index (χ3n) is 16.2. The summed E-state index contributed by atoms with van der Waals surface area (Å²) in [4.78, 5) is 5.38. The van der Waals surface area contributed by atoms with E-state index in [-0.39, 0.29) is 28.4 Å². The summed E-state index contributed by atoms with van der Waals surface area (Å²) >= 11 is 0. The molecule has 0 unspecified atom stereocenters. The van der Waals surface area contributed by atoms with Crippen molar-refractivity contribution in [1.82, 2.24) is 0 Å². The van der Waals surface area contributed by atoms with Gasteiger partial charge in [0.1, 0.15) is 0 Å². The molecule has 0 N–H and O–H groups in total. The molecule has 0 atom stereocenters. The zero-order valence-corrected chi connectivity index (χ0v) is 38.9. The van der Waals surface area contributed by atoms with Crippen LogP contribution < -0.4 is 26.2 Å². The molecule has 0 fully saturated rings. The Kier molecular flexibility index (Phi) is 7.96. The van der Waals surface area contributed by atoms with Gasteiger partial charge in [0.2, 0.25) is 0 Å². The van der Waals surface area contributed by atoms with Crippen molar-refractivity contribution >= 4 is 57.2 Å². The molecule has 0 aromatic heterocycles. The predicted molar refractivity (Wildman–Crippen MR) is 270 cm³/mol. The average molecular weight is 819 g/mol. The van der Waals surface area contributed by atoms with E-state index < -0.39 is 0 Å². The zero-order chi connectivity index (χ0) is 43.5. The molecule has 7 aromatic rings. The summed E-state index contributed by atoms with van der Waals surface area (Å²) in [6.07, 6.45) is 4.47. The molecule has 2 aliphatic heterocycles. The van der Waals surface area contributed by atoms with Gasteiger partial charge in [0.05, 0.1) is 5.69 Å². The Balaban J connectivity index is 1.21. The third kappa shape index (κ3) is 5.50. The van der Waals surface area contributed by atoms with Gasteiger partial charge in [0, 0.05) is 34.0 Å². The van der Waals surface area contributed by atoms with Crippen molar-refractivity contribution in [3.05, 3.63) is 172 Å². The van der Waals surface area contributed by atoms with E-state index >= 15 is 0 Å². The summed E-state index contributed by atoms with van der Waals surface area (Å²) in [6, 6.07) is 50.0. The molecule has 3 heteroatoms. The molecule has 312 valence electrons. The second-order valence-electron chi connectivity index (χ2n) is 22.5. The van der Waals surface area contributed by atoms with Crippen molar-refractivity contribution in [2.45, 2.75) is 117 Å². The Bertz CT molecular complexity index is 3110. The van der Waals surface area contributed by atoms with Crippen molar-refractivity contribution in [3.63, 3.8) is 0 Å². The van der Waals surface area contributed by atoms with Crippen molar-refractivity contribution < 1.29 is 0 Å². The second-order valence-corrected chi connectivity index (χ2v) is 22.5. The third-order valence-corrected chi connectivity index (χ3v) is 16.2. The van der Waals surface area contributed by atoms with Gasteiger partial charge in [-0.3, -0.25) is 0 Å². The van der Waals surface area contributed by atoms with Crippen LogP contribution in [0.25, 0.3) is 22.3 Å². The highest BCUT2D eigenvalue weighted by Gasteiger charge is 2.48. The Morgan fingerprint density at radius 3 is 1.76 bits per heavy atom. The number of benzene rings is 7. The molecule has 0 amide bonds. The lowest BCUT2D eigenvalue weighted by molar-refractivity contribution is 0.332. The van der Waals surface area contributed by atoms with Crippen molar-refractivity contribution in [2.75, 3.05) is 9.80 Å². The van der Waals surface area contributed by atoms with E-state index in [1.165, 1.54) is 130 Å². The van der Waals surface area contributed by atoms with Crippen LogP contribution in [0.3, 0.4) is 0 Å². The van der Waals surface area contributed by atoms with E-state index in [2.05, 4.69) is 206 Å². The quantitative estimate of drug-likeness (QED) is 0.164. The van der Waals surface area contributed by atoms with Gasteiger partial charge in [0.15, 0.2) is 0 Å². The molecule has 0 saturated carbocycles. The molecule has 12 rings (SSSR count). The summed E-state index contributed by atoms with van der Waals surface area (Å²) in [5.41, 5.74) is 29.0. The molecule has 63 heavy (non-hydrogen) atoms. The minimum atomic E-state index is 0.0389. The SMILES string of the molecule is Cc1cc2c3c(c1)N(c1cccc4c1-c1ccccc1C4)c1ccc(-c4ccccc4)cc1B3c1cc3c(cc1N2c1cc2c(cc1C)C(C)(C)CC2(C)C)C(C)(C)CCC3(C)C. The number of hydrogen-bond donors (Lipinski definition) is 0. The summed E-state index contributed by atoms with van der Waals surface area (Å²) in [7, 11) is 0. The van der Waals surface area contributed by atoms with Gasteiger partial charge in [-0.2, -0.15) is 0 Å². The van der Waals surface area contributed by atoms with E-state index in [1.54, 1.807) is 0 Å². The Labute approximate surface area is 376 Å². The van der Waals surface area contributed by atoms with Gasteiger partial charge in [-0.1, -0.05) is 146 Å². The highest BCUT2D eigenvalue weighted by atomic mass is 15.2. The summed E-state index contributed by atoms with van der Waals surface area (Å²) < 4.78 is 0. The van der Waals surface area contributed by atoms with Crippen LogP contribution in [0.15, 0.2) is 127 Å². The van der Waals surface area contributed by atoms with E-state index in [9.17, 15) is 0 Å². The standard InChI is InChI=1S/C60H59BN2/c1-36-27-53-56-54(28-36)63(51-33-46-43(29-37(51)2)59(7,8)35-60(46,9)10)52-34-45-44(57(3,4)25-26-58(45,5)6)32-48(52)61(56)47-31-39(38-17-12-11-13-18-38)23-24-49(47)62(53)50-22-16-20-41-30-40-19-14-15-21-42(40)55(41)50/h11-24,27-29,31-34H,25-26,30,35H2,1-10H3. The van der Waals surface area contributed by atoms with Gasteiger partial charge in [-0.25, -0.2) is 0 Å². The summed E-state index contributed by atoms with van der Waals surface area (Å²) in [6.45, 7) is 24.5. The number of nitrogens with zero attached hydrogens (tertiary/aromatic N) is 2. The minimum absolute atomic E-state index is 0.0389. The number of aryl methyl sites for hydroxylation is 2. The molecule has 7 aromatic carbocycles. The van der Waals surface area contributed by atoms with Gasteiger partial charge >= 0.3 is 0 Å².